The Hall–Kier alpha value is -2.27. The number of amides is 2. The van der Waals surface area contributed by atoms with Crippen LogP contribution in [0.5, 0.6) is 0 Å². The Bertz CT molecular complexity index is 993. The van der Waals surface area contributed by atoms with Gasteiger partial charge in [-0.25, -0.2) is 18.7 Å². The Balaban J connectivity index is 2.29. The molecule has 4 atom stereocenters. The summed E-state index contributed by atoms with van der Waals surface area (Å²) in [5.74, 6) is -2.38. The normalized spacial score (nSPS) is 18.9. The van der Waals surface area contributed by atoms with E-state index in [1.807, 2.05) is 70.2 Å². The number of hydrazine groups is 1. The Morgan fingerprint density at radius 1 is 1.13 bits per heavy atom. The largest absolute Gasteiger partial charge is 0.350 e. The van der Waals surface area contributed by atoms with Gasteiger partial charge in [0.05, 0.1) is 18.1 Å². The first-order valence-corrected chi connectivity index (χ1v) is 15.4. The standard InChI is InChI=1S/C28H45N3O6S/c1-6-22(4)20-31(38(5,34)35)29-27(32)25(19-21(2)3)24(16-12-15-23-13-8-7-9-14-23)28(33)30-37-26-17-10-11-18-36-26/h7-9,12-15,21-22,24-26H,6,10-11,16-20H2,1-5H3,(H,29,32)(H,30,33)/b15-12+/t22-,24-,25+,26?/m0/s1. The van der Waals surface area contributed by atoms with Crippen LogP contribution in [0.4, 0.5) is 0 Å². The van der Waals surface area contributed by atoms with Gasteiger partial charge in [-0.05, 0) is 43.1 Å². The third-order valence-electron chi connectivity index (χ3n) is 6.62. The van der Waals surface area contributed by atoms with E-state index in [-0.39, 0.29) is 24.8 Å². The van der Waals surface area contributed by atoms with Gasteiger partial charge in [-0.15, -0.1) is 4.41 Å². The molecule has 38 heavy (non-hydrogen) atoms. The zero-order chi connectivity index (χ0) is 28.1. The molecule has 10 heteroatoms. The molecule has 1 aromatic rings. The van der Waals surface area contributed by atoms with Crippen molar-refractivity contribution >= 4 is 27.9 Å². The maximum absolute atomic E-state index is 13.6. The molecule has 1 saturated heterocycles. The number of ether oxygens (including phenoxy) is 1. The van der Waals surface area contributed by atoms with Crippen LogP contribution in [0.25, 0.3) is 6.08 Å². The molecule has 1 unspecified atom stereocenters. The highest BCUT2D eigenvalue weighted by Crippen LogP contribution is 2.26. The molecule has 0 bridgehead atoms. The Morgan fingerprint density at radius 2 is 1.84 bits per heavy atom. The van der Waals surface area contributed by atoms with E-state index in [9.17, 15) is 18.0 Å². The summed E-state index contributed by atoms with van der Waals surface area (Å²) in [5.41, 5.74) is 6.11. The highest BCUT2D eigenvalue weighted by molar-refractivity contribution is 7.88. The van der Waals surface area contributed by atoms with Crippen LogP contribution >= 0.6 is 0 Å². The van der Waals surface area contributed by atoms with Crippen molar-refractivity contribution in [3.8, 4) is 0 Å². The molecule has 1 fully saturated rings. The highest BCUT2D eigenvalue weighted by atomic mass is 32.2. The Morgan fingerprint density at radius 3 is 2.42 bits per heavy atom. The lowest BCUT2D eigenvalue weighted by Crippen LogP contribution is -2.52. The van der Waals surface area contributed by atoms with E-state index in [1.165, 1.54) is 0 Å². The van der Waals surface area contributed by atoms with Crippen LogP contribution in [0, 0.1) is 23.7 Å². The lowest BCUT2D eigenvalue weighted by Gasteiger charge is -2.30. The summed E-state index contributed by atoms with van der Waals surface area (Å²) >= 11 is 0. The number of benzene rings is 1. The SMILES string of the molecule is CC[C@H](C)CN(NC(=O)[C@H](CC(C)C)[C@H](C/C=C/c1ccccc1)C(=O)NOC1CCCCO1)S(C)(=O)=O. The number of nitrogens with zero attached hydrogens (tertiary/aromatic N) is 1. The fraction of sp³-hybridized carbons (Fsp3) is 0.643. The molecular formula is C28H45N3O6S. The molecule has 1 aromatic carbocycles. The van der Waals surface area contributed by atoms with Crippen LogP contribution in [0.2, 0.25) is 0 Å². The van der Waals surface area contributed by atoms with Crippen LogP contribution in [-0.2, 0) is 29.2 Å². The van der Waals surface area contributed by atoms with Gasteiger partial charge < -0.3 is 4.74 Å². The van der Waals surface area contributed by atoms with Gasteiger partial charge in [0.15, 0.2) is 6.29 Å². The number of carbonyl (C=O) groups excluding carboxylic acids is 2. The molecule has 1 aliphatic heterocycles. The number of carbonyl (C=O) groups is 2. The third kappa shape index (κ3) is 11.2. The molecule has 0 radical (unpaired) electrons. The minimum atomic E-state index is -3.71. The summed E-state index contributed by atoms with van der Waals surface area (Å²) in [6.45, 7) is 8.54. The number of hydrogen-bond acceptors (Lipinski definition) is 6. The van der Waals surface area contributed by atoms with Crippen molar-refractivity contribution in [1.29, 1.82) is 0 Å². The molecule has 2 rings (SSSR count). The van der Waals surface area contributed by atoms with Crippen molar-refractivity contribution in [3.63, 3.8) is 0 Å². The molecule has 0 saturated carbocycles. The minimum Gasteiger partial charge on any atom is -0.350 e. The minimum absolute atomic E-state index is 0.0466. The van der Waals surface area contributed by atoms with Gasteiger partial charge in [-0.3, -0.25) is 15.0 Å². The van der Waals surface area contributed by atoms with Crippen molar-refractivity contribution in [2.45, 2.75) is 72.5 Å². The van der Waals surface area contributed by atoms with Gasteiger partial charge in [0.1, 0.15) is 0 Å². The second kappa shape index (κ2) is 16.0. The molecule has 214 valence electrons. The van der Waals surface area contributed by atoms with E-state index in [2.05, 4.69) is 10.9 Å². The molecule has 1 heterocycles. The molecule has 0 spiro atoms. The summed E-state index contributed by atoms with van der Waals surface area (Å²) in [6, 6.07) is 9.68. The van der Waals surface area contributed by atoms with Crippen molar-refractivity contribution < 1.29 is 27.6 Å². The van der Waals surface area contributed by atoms with Gasteiger partial charge in [0.25, 0.3) is 0 Å². The number of allylic oxidation sites excluding steroid dienone is 1. The van der Waals surface area contributed by atoms with E-state index < -0.39 is 40.0 Å². The molecular weight excluding hydrogens is 506 g/mol. The lowest BCUT2D eigenvalue weighted by molar-refractivity contribution is -0.203. The zero-order valence-corrected chi connectivity index (χ0v) is 24.2. The maximum Gasteiger partial charge on any atom is 0.247 e. The van der Waals surface area contributed by atoms with Crippen molar-refractivity contribution in [3.05, 3.63) is 42.0 Å². The number of sulfonamides is 1. The number of rotatable bonds is 15. The molecule has 0 aliphatic carbocycles. The van der Waals surface area contributed by atoms with Crippen LogP contribution in [0.1, 0.15) is 71.8 Å². The van der Waals surface area contributed by atoms with Gasteiger partial charge >= 0.3 is 0 Å². The van der Waals surface area contributed by atoms with Crippen LogP contribution in [0.3, 0.4) is 0 Å². The summed E-state index contributed by atoms with van der Waals surface area (Å²) in [7, 11) is -3.71. The maximum atomic E-state index is 13.6. The monoisotopic (exact) mass is 551 g/mol. The highest BCUT2D eigenvalue weighted by Gasteiger charge is 2.36. The van der Waals surface area contributed by atoms with Gasteiger partial charge in [-0.2, -0.15) is 0 Å². The summed E-state index contributed by atoms with van der Waals surface area (Å²) < 4.78 is 31.5. The molecule has 2 N–H and O–H groups in total. The van der Waals surface area contributed by atoms with E-state index in [0.29, 0.717) is 19.4 Å². The summed E-state index contributed by atoms with van der Waals surface area (Å²) in [4.78, 5) is 32.6. The van der Waals surface area contributed by atoms with E-state index >= 15 is 0 Å². The van der Waals surface area contributed by atoms with E-state index in [0.717, 1.165) is 35.5 Å². The summed E-state index contributed by atoms with van der Waals surface area (Å²) in [6.07, 6.45) is 8.30. The average molecular weight is 552 g/mol. The van der Waals surface area contributed by atoms with Crippen molar-refractivity contribution in [2.24, 2.45) is 23.7 Å². The van der Waals surface area contributed by atoms with Gasteiger partial charge in [0, 0.05) is 19.6 Å². The molecule has 9 nitrogen and oxygen atoms in total. The second-order valence-electron chi connectivity index (χ2n) is 10.6. The third-order valence-corrected chi connectivity index (χ3v) is 7.66. The quantitative estimate of drug-likeness (QED) is 0.315. The van der Waals surface area contributed by atoms with Crippen LogP contribution in [-0.4, -0.2) is 50.3 Å². The second-order valence-corrected chi connectivity index (χ2v) is 12.5. The van der Waals surface area contributed by atoms with Crippen molar-refractivity contribution in [1.82, 2.24) is 15.3 Å². The predicted octanol–water partition coefficient (Wildman–Crippen LogP) is 4.28. The fourth-order valence-electron chi connectivity index (χ4n) is 4.22. The topological polar surface area (TPSA) is 114 Å². The number of nitrogens with one attached hydrogen (secondary N) is 2. The predicted molar refractivity (Wildman–Crippen MR) is 148 cm³/mol. The molecule has 0 aromatic heterocycles. The summed E-state index contributed by atoms with van der Waals surface area (Å²) in [5, 5.41) is 0. The van der Waals surface area contributed by atoms with Crippen LogP contribution in [0.15, 0.2) is 36.4 Å². The van der Waals surface area contributed by atoms with E-state index in [1.54, 1.807) is 0 Å². The first kappa shape index (κ1) is 31.9. The smallest absolute Gasteiger partial charge is 0.247 e. The molecule has 2 amide bonds. The van der Waals surface area contributed by atoms with E-state index in [4.69, 9.17) is 9.57 Å². The van der Waals surface area contributed by atoms with Gasteiger partial charge in [0.2, 0.25) is 21.8 Å². The van der Waals surface area contributed by atoms with Gasteiger partial charge in [-0.1, -0.05) is 76.6 Å². The number of hydrogen-bond donors (Lipinski definition) is 2. The number of hydroxylamine groups is 1. The van der Waals surface area contributed by atoms with Crippen LogP contribution < -0.4 is 10.9 Å². The Kier molecular flexibility index (Phi) is 13.4. The molecule has 1 aliphatic rings. The first-order valence-electron chi connectivity index (χ1n) is 13.6. The Labute approximate surface area is 228 Å². The zero-order valence-electron chi connectivity index (χ0n) is 23.4. The fourth-order valence-corrected chi connectivity index (χ4v) is 5.00. The first-order chi connectivity index (χ1) is 18.0. The lowest BCUT2D eigenvalue weighted by atomic mass is 9.82. The average Bonchev–Trinajstić information content (AvgIpc) is 2.88. The van der Waals surface area contributed by atoms with Crippen molar-refractivity contribution in [2.75, 3.05) is 19.4 Å².